The number of aliphatic imine (C=N–C) groups is 1. The Hall–Kier alpha value is -0.770. The molecule has 5 nitrogen and oxygen atoms in total. The quantitative estimate of drug-likeness (QED) is 0.300. The first kappa shape index (κ1) is 20.3. The van der Waals surface area contributed by atoms with Gasteiger partial charge in [0.1, 0.15) is 0 Å². The van der Waals surface area contributed by atoms with E-state index >= 15 is 0 Å². The highest BCUT2D eigenvalue weighted by Gasteiger charge is 2.25. The molecule has 0 radical (unpaired) electrons. The molecule has 0 amide bonds. The summed E-state index contributed by atoms with van der Waals surface area (Å²) in [4.78, 5) is 10.4. The number of hydrogen-bond donors (Lipinski definition) is 2. The lowest BCUT2D eigenvalue weighted by Gasteiger charge is -2.19. The van der Waals surface area contributed by atoms with Crippen LogP contribution in [-0.4, -0.2) is 55.7 Å². The first-order chi connectivity index (χ1) is 10.7. The maximum atomic E-state index is 13.8. The molecule has 0 aromatic carbocycles. The topological polar surface area (TPSA) is 52.6 Å². The standard InChI is InChI=1S/C15H24FN5S.HI/c1-17-15(19-8-4-10-22-2)20-12-6-9-21(11-12)14-13(16)5-3-7-18-14;/h3,5,7,12H,4,6,8-11H2,1-2H3,(H2,17,19,20);1H. The Morgan fingerprint density at radius 2 is 2.39 bits per heavy atom. The third-order valence-corrected chi connectivity index (χ3v) is 4.31. The van der Waals surface area contributed by atoms with Crippen molar-refractivity contribution in [1.29, 1.82) is 0 Å². The lowest BCUT2D eigenvalue weighted by Crippen LogP contribution is -2.45. The number of anilines is 1. The Morgan fingerprint density at radius 1 is 1.57 bits per heavy atom. The number of nitrogens with one attached hydrogen (secondary N) is 2. The van der Waals surface area contributed by atoms with E-state index in [1.807, 2.05) is 16.7 Å². The molecule has 1 aliphatic rings. The first-order valence-corrected chi connectivity index (χ1v) is 8.95. The van der Waals surface area contributed by atoms with Gasteiger partial charge in [-0.1, -0.05) is 0 Å². The Morgan fingerprint density at radius 3 is 3.09 bits per heavy atom. The van der Waals surface area contributed by atoms with E-state index in [-0.39, 0.29) is 35.8 Å². The molecular formula is C15H25FIN5S. The van der Waals surface area contributed by atoms with Crippen LogP contribution in [0.3, 0.4) is 0 Å². The van der Waals surface area contributed by atoms with Gasteiger partial charge in [0, 0.05) is 38.9 Å². The highest BCUT2D eigenvalue weighted by molar-refractivity contribution is 14.0. The van der Waals surface area contributed by atoms with Crippen molar-refractivity contribution < 1.29 is 4.39 Å². The fourth-order valence-electron chi connectivity index (χ4n) is 2.49. The molecule has 1 atom stereocenters. The molecule has 1 aromatic heterocycles. The summed E-state index contributed by atoms with van der Waals surface area (Å²) < 4.78 is 13.8. The van der Waals surface area contributed by atoms with Crippen LogP contribution in [0, 0.1) is 5.82 Å². The summed E-state index contributed by atoms with van der Waals surface area (Å²) in [5, 5.41) is 6.72. The van der Waals surface area contributed by atoms with Crippen molar-refractivity contribution in [3.05, 3.63) is 24.1 Å². The summed E-state index contributed by atoms with van der Waals surface area (Å²) in [6.45, 7) is 2.44. The average molecular weight is 453 g/mol. The molecule has 2 N–H and O–H groups in total. The molecule has 2 heterocycles. The van der Waals surface area contributed by atoms with E-state index in [2.05, 4.69) is 26.9 Å². The van der Waals surface area contributed by atoms with E-state index < -0.39 is 0 Å². The third kappa shape index (κ3) is 6.33. The van der Waals surface area contributed by atoms with Crippen LogP contribution < -0.4 is 15.5 Å². The molecule has 1 saturated heterocycles. The van der Waals surface area contributed by atoms with E-state index in [1.165, 1.54) is 6.07 Å². The molecule has 23 heavy (non-hydrogen) atoms. The minimum atomic E-state index is -0.261. The van der Waals surface area contributed by atoms with Crippen molar-refractivity contribution in [2.24, 2.45) is 4.99 Å². The van der Waals surface area contributed by atoms with Gasteiger partial charge < -0.3 is 15.5 Å². The highest BCUT2D eigenvalue weighted by atomic mass is 127. The van der Waals surface area contributed by atoms with Crippen molar-refractivity contribution in [2.75, 3.05) is 43.6 Å². The monoisotopic (exact) mass is 453 g/mol. The largest absolute Gasteiger partial charge is 0.356 e. The molecule has 8 heteroatoms. The van der Waals surface area contributed by atoms with Crippen LogP contribution in [0.2, 0.25) is 0 Å². The van der Waals surface area contributed by atoms with Gasteiger partial charge in [-0.05, 0) is 37.0 Å². The molecule has 1 unspecified atom stereocenters. The van der Waals surface area contributed by atoms with Crippen LogP contribution >= 0.6 is 35.7 Å². The molecule has 130 valence electrons. The van der Waals surface area contributed by atoms with Gasteiger partial charge in [0.15, 0.2) is 17.6 Å². The molecule has 0 bridgehead atoms. The van der Waals surface area contributed by atoms with E-state index in [1.54, 1.807) is 19.3 Å². The fraction of sp³-hybridized carbons (Fsp3) is 0.600. The maximum absolute atomic E-state index is 13.8. The predicted molar refractivity (Wildman–Crippen MR) is 108 cm³/mol. The van der Waals surface area contributed by atoms with Crippen LogP contribution in [-0.2, 0) is 0 Å². The SMILES string of the molecule is CN=C(NCCCSC)NC1CCN(c2ncccc2F)C1.I. The van der Waals surface area contributed by atoms with Crippen molar-refractivity contribution in [1.82, 2.24) is 15.6 Å². The second kappa shape index (κ2) is 10.9. The number of pyridine rings is 1. The van der Waals surface area contributed by atoms with Gasteiger partial charge >= 0.3 is 0 Å². The molecule has 0 spiro atoms. The molecule has 1 aliphatic heterocycles. The smallest absolute Gasteiger partial charge is 0.191 e. The number of nitrogens with zero attached hydrogens (tertiary/aromatic N) is 3. The summed E-state index contributed by atoms with van der Waals surface area (Å²) in [5.41, 5.74) is 0. The maximum Gasteiger partial charge on any atom is 0.191 e. The summed E-state index contributed by atoms with van der Waals surface area (Å²) in [5.74, 6) is 2.13. The molecule has 1 fully saturated rings. The van der Waals surface area contributed by atoms with Gasteiger partial charge in [-0.2, -0.15) is 11.8 Å². The molecular weight excluding hydrogens is 428 g/mol. The van der Waals surface area contributed by atoms with Gasteiger partial charge in [0.2, 0.25) is 0 Å². The number of rotatable bonds is 6. The van der Waals surface area contributed by atoms with E-state index in [0.717, 1.165) is 44.2 Å². The predicted octanol–water partition coefficient (Wildman–Crippen LogP) is 2.34. The second-order valence-corrected chi connectivity index (χ2v) is 6.22. The number of halogens is 2. The van der Waals surface area contributed by atoms with Crippen LogP contribution in [0.4, 0.5) is 10.2 Å². The zero-order valence-electron chi connectivity index (χ0n) is 13.6. The summed E-state index contributed by atoms with van der Waals surface area (Å²) >= 11 is 1.84. The van der Waals surface area contributed by atoms with Crippen molar-refractivity contribution in [3.8, 4) is 0 Å². The van der Waals surface area contributed by atoms with Crippen LogP contribution in [0.25, 0.3) is 0 Å². The number of guanidine groups is 1. The lowest BCUT2D eigenvalue weighted by molar-refractivity contribution is 0.612. The molecule has 1 aromatic rings. The van der Waals surface area contributed by atoms with Crippen molar-refractivity contribution in [2.45, 2.75) is 18.9 Å². The zero-order chi connectivity index (χ0) is 15.8. The minimum absolute atomic E-state index is 0. The van der Waals surface area contributed by atoms with Crippen LogP contribution in [0.15, 0.2) is 23.3 Å². The van der Waals surface area contributed by atoms with Gasteiger partial charge in [-0.15, -0.1) is 24.0 Å². The van der Waals surface area contributed by atoms with Crippen molar-refractivity contribution >= 4 is 47.5 Å². The van der Waals surface area contributed by atoms with Gasteiger partial charge in [-0.3, -0.25) is 4.99 Å². The van der Waals surface area contributed by atoms with Gasteiger partial charge in [-0.25, -0.2) is 9.37 Å². The van der Waals surface area contributed by atoms with E-state index in [9.17, 15) is 4.39 Å². The summed E-state index contributed by atoms with van der Waals surface area (Å²) in [6, 6.07) is 3.33. The second-order valence-electron chi connectivity index (χ2n) is 5.23. The minimum Gasteiger partial charge on any atom is -0.356 e. The first-order valence-electron chi connectivity index (χ1n) is 7.56. The Kier molecular flexibility index (Phi) is 9.61. The van der Waals surface area contributed by atoms with Gasteiger partial charge in [0.25, 0.3) is 0 Å². The van der Waals surface area contributed by atoms with Crippen molar-refractivity contribution in [3.63, 3.8) is 0 Å². The Balaban J connectivity index is 0.00000264. The normalized spacial score (nSPS) is 17.8. The third-order valence-electron chi connectivity index (χ3n) is 3.61. The van der Waals surface area contributed by atoms with E-state index in [0.29, 0.717) is 5.82 Å². The number of hydrogen-bond acceptors (Lipinski definition) is 4. The lowest BCUT2D eigenvalue weighted by atomic mass is 10.3. The zero-order valence-corrected chi connectivity index (χ0v) is 16.7. The Labute approximate surface area is 158 Å². The number of aromatic nitrogens is 1. The average Bonchev–Trinajstić information content (AvgIpc) is 2.99. The van der Waals surface area contributed by atoms with Crippen LogP contribution in [0.5, 0.6) is 0 Å². The molecule has 0 aliphatic carbocycles. The summed E-state index contributed by atoms with van der Waals surface area (Å²) in [6.07, 6.45) is 5.79. The van der Waals surface area contributed by atoms with E-state index in [4.69, 9.17) is 0 Å². The molecule has 0 saturated carbocycles. The highest BCUT2D eigenvalue weighted by Crippen LogP contribution is 2.20. The molecule has 2 rings (SSSR count). The number of thioether (sulfide) groups is 1. The Bertz CT molecular complexity index is 503. The van der Waals surface area contributed by atoms with Gasteiger partial charge in [0.05, 0.1) is 0 Å². The summed E-state index contributed by atoms with van der Waals surface area (Å²) in [7, 11) is 1.77. The fourth-order valence-corrected chi connectivity index (χ4v) is 2.92. The van der Waals surface area contributed by atoms with Crippen LogP contribution in [0.1, 0.15) is 12.8 Å².